The van der Waals surface area contributed by atoms with Gasteiger partial charge < -0.3 is 10.1 Å². The number of para-hydroxylation sites is 2. The molecule has 7 heteroatoms. The van der Waals surface area contributed by atoms with Gasteiger partial charge in [-0.05, 0) is 36.1 Å². The maximum absolute atomic E-state index is 12.2. The molecule has 0 saturated heterocycles. The van der Waals surface area contributed by atoms with Crippen LogP contribution in [0.4, 0.5) is 11.4 Å². The molecule has 1 N–H and O–H groups in total. The topological polar surface area (TPSA) is 92.8 Å². The van der Waals surface area contributed by atoms with Crippen LogP contribution >= 0.6 is 0 Å². The fraction of sp³-hybridized carbons (Fsp3) is 0.273. The number of nitrogens with zero attached hydrogens (tertiary/aromatic N) is 1. The average molecular weight is 394 g/mol. The van der Waals surface area contributed by atoms with Gasteiger partial charge in [-0.15, -0.1) is 0 Å². The lowest BCUT2D eigenvalue weighted by atomic mass is 9.97. The van der Waals surface area contributed by atoms with Gasteiger partial charge in [-0.3, -0.25) is 24.1 Å². The zero-order chi connectivity index (χ0) is 21.0. The Kier molecular flexibility index (Phi) is 6.07. The minimum Gasteiger partial charge on any atom is -0.454 e. The van der Waals surface area contributed by atoms with E-state index in [4.69, 9.17) is 4.74 Å². The molecule has 3 rings (SSSR count). The van der Waals surface area contributed by atoms with E-state index in [0.717, 1.165) is 16.9 Å². The van der Waals surface area contributed by atoms with Crippen molar-refractivity contribution >= 4 is 34.9 Å². The lowest BCUT2D eigenvalue weighted by Gasteiger charge is -2.17. The Morgan fingerprint density at radius 2 is 1.76 bits per heavy atom. The van der Waals surface area contributed by atoms with Crippen molar-refractivity contribution < 1.29 is 23.9 Å². The van der Waals surface area contributed by atoms with Crippen LogP contribution in [0.5, 0.6) is 0 Å². The van der Waals surface area contributed by atoms with E-state index in [1.807, 2.05) is 18.2 Å². The van der Waals surface area contributed by atoms with Crippen molar-refractivity contribution in [2.24, 2.45) is 0 Å². The van der Waals surface area contributed by atoms with Crippen LogP contribution in [-0.4, -0.2) is 36.7 Å². The van der Waals surface area contributed by atoms with E-state index < -0.39 is 36.7 Å². The number of esters is 1. The molecule has 1 heterocycles. The van der Waals surface area contributed by atoms with Crippen LogP contribution < -0.4 is 10.2 Å². The molecule has 0 aliphatic carbocycles. The Morgan fingerprint density at radius 1 is 1.07 bits per heavy atom. The quantitative estimate of drug-likeness (QED) is 0.576. The van der Waals surface area contributed by atoms with E-state index in [1.54, 1.807) is 24.3 Å². The fourth-order valence-corrected chi connectivity index (χ4v) is 3.17. The van der Waals surface area contributed by atoms with E-state index in [9.17, 15) is 19.2 Å². The second-order valence-corrected chi connectivity index (χ2v) is 6.84. The molecule has 0 saturated carbocycles. The average Bonchev–Trinajstić information content (AvgIpc) is 2.97. The monoisotopic (exact) mass is 394 g/mol. The summed E-state index contributed by atoms with van der Waals surface area (Å²) in [4.78, 5) is 49.5. The van der Waals surface area contributed by atoms with Gasteiger partial charge >= 0.3 is 5.97 Å². The Labute approximate surface area is 168 Å². The summed E-state index contributed by atoms with van der Waals surface area (Å²) in [6.07, 6.45) is 0.923. The number of hydrogen-bond acceptors (Lipinski definition) is 5. The molecule has 1 atom stereocenters. The number of hydrogen-bond donors (Lipinski definition) is 1. The number of nitrogens with one attached hydrogen (secondary N) is 1. The van der Waals surface area contributed by atoms with Gasteiger partial charge in [-0.25, -0.2) is 0 Å². The number of carbonyl (C=O) groups is 4. The van der Waals surface area contributed by atoms with Crippen LogP contribution in [0.1, 0.15) is 42.1 Å². The molecule has 1 aliphatic heterocycles. The maximum atomic E-state index is 12.2. The highest BCUT2D eigenvalue weighted by atomic mass is 16.5. The van der Waals surface area contributed by atoms with Crippen molar-refractivity contribution in [1.82, 2.24) is 0 Å². The summed E-state index contributed by atoms with van der Waals surface area (Å²) in [6.45, 7) is 3.22. The minimum absolute atomic E-state index is 0.254. The second-order valence-electron chi connectivity index (χ2n) is 6.84. The second kappa shape index (κ2) is 8.68. The molecule has 0 aromatic heterocycles. The normalized spacial score (nSPS) is 13.8. The molecule has 29 heavy (non-hydrogen) atoms. The van der Waals surface area contributed by atoms with Gasteiger partial charge in [-0.1, -0.05) is 44.2 Å². The molecule has 0 fully saturated rings. The zero-order valence-electron chi connectivity index (χ0n) is 16.3. The molecule has 150 valence electrons. The van der Waals surface area contributed by atoms with Crippen LogP contribution in [0, 0.1) is 0 Å². The third kappa shape index (κ3) is 4.34. The lowest BCUT2D eigenvalue weighted by Crippen LogP contribution is -2.36. The van der Waals surface area contributed by atoms with Crippen LogP contribution in [0.25, 0.3) is 0 Å². The Morgan fingerprint density at radius 3 is 2.52 bits per heavy atom. The number of carbonyl (C=O) groups excluding carboxylic acids is 4. The van der Waals surface area contributed by atoms with Crippen LogP contribution in [0.3, 0.4) is 0 Å². The first kappa shape index (κ1) is 20.3. The first-order valence-electron chi connectivity index (χ1n) is 9.42. The van der Waals surface area contributed by atoms with E-state index in [1.165, 1.54) is 6.07 Å². The standard InChI is InChI=1S/C22H22N2O5/c1-3-14(2)15-8-4-6-10-17(15)23-19(25)13-29-20(26)12-24-18-11-7-5-9-16(18)21(27)22(24)28/h4-11,14H,3,12-13H2,1-2H3,(H,23,25)/t14-/m1/s1. The molecule has 0 radical (unpaired) electrons. The molecule has 0 unspecified atom stereocenters. The SMILES string of the molecule is CC[C@@H](C)c1ccccc1NC(=O)COC(=O)CN1C(=O)C(=O)c2ccccc21. The van der Waals surface area contributed by atoms with Crippen molar-refractivity contribution in [2.75, 3.05) is 23.4 Å². The van der Waals surface area contributed by atoms with Gasteiger partial charge in [0, 0.05) is 5.69 Å². The molecule has 7 nitrogen and oxygen atoms in total. The minimum atomic E-state index is -0.782. The fourth-order valence-electron chi connectivity index (χ4n) is 3.17. The molecule has 0 bridgehead atoms. The summed E-state index contributed by atoms with van der Waals surface area (Å²) in [6, 6.07) is 13.9. The van der Waals surface area contributed by atoms with Crippen molar-refractivity contribution in [3.8, 4) is 0 Å². The number of rotatable bonds is 7. The number of fused-ring (bicyclic) bond motifs is 1. The van der Waals surface area contributed by atoms with E-state index >= 15 is 0 Å². The van der Waals surface area contributed by atoms with Crippen LogP contribution in [0.2, 0.25) is 0 Å². The maximum Gasteiger partial charge on any atom is 0.326 e. The molecule has 0 spiro atoms. The van der Waals surface area contributed by atoms with Gasteiger partial charge in [0.15, 0.2) is 6.61 Å². The number of amides is 2. The Hall–Kier alpha value is -3.48. The van der Waals surface area contributed by atoms with Gasteiger partial charge in [0.1, 0.15) is 6.54 Å². The highest BCUT2D eigenvalue weighted by Gasteiger charge is 2.36. The largest absolute Gasteiger partial charge is 0.454 e. The molecular weight excluding hydrogens is 372 g/mol. The smallest absolute Gasteiger partial charge is 0.326 e. The molecule has 2 aromatic carbocycles. The summed E-state index contributed by atoms with van der Waals surface area (Å²) < 4.78 is 5.01. The van der Waals surface area contributed by atoms with E-state index in [-0.39, 0.29) is 11.5 Å². The molecular formula is C22H22N2O5. The van der Waals surface area contributed by atoms with Crippen molar-refractivity contribution in [3.05, 3.63) is 59.7 Å². The Bertz CT molecular complexity index is 969. The first-order chi connectivity index (χ1) is 13.9. The van der Waals surface area contributed by atoms with Crippen LogP contribution in [-0.2, 0) is 19.1 Å². The molecule has 1 aliphatic rings. The number of Topliss-reactive ketones (excluding diaryl/α,β-unsaturated/α-hetero) is 1. The zero-order valence-corrected chi connectivity index (χ0v) is 16.3. The highest BCUT2D eigenvalue weighted by Crippen LogP contribution is 2.28. The van der Waals surface area contributed by atoms with Gasteiger partial charge in [0.2, 0.25) is 0 Å². The van der Waals surface area contributed by atoms with E-state index in [2.05, 4.69) is 19.2 Å². The predicted octanol–water partition coefficient (Wildman–Crippen LogP) is 2.91. The number of ether oxygens (including phenoxy) is 1. The van der Waals surface area contributed by atoms with Gasteiger partial charge in [0.05, 0.1) is 11.3 Å². The highest BCUT2D eigenvalue weighted by molar-refractivity contribution is 6.52. The summed E-state index contributed by atoms with van der Waals surface area (Å²) in [5.41, 5.74) is 2.31. The first-order valence-corrected chi connectivity index (χ1v) is 9.42. The van der Waals surface area contributed by atoms with Gasteiger partial charge in [-0.2, -0.15) is 0 Å². The molecule has 2 amide bonds. The summed E-state index contributed by atoms with van der Waals surface area (Å²) >= 11 is 0. The van der Waals surface area contributed by atoms with Crippen LogP contribution in [0.15, 0.2) is 48.5 Å². The third-order valence-corrected chi connectivity index (χ3v) is 4.91. The summed E-state index contributed by atoms with van der Waals surface area (Å²) in [5.74, 6) is -2.41. The number of anilines is 2. The van der Waals surface area contributed by atoms with Crippen molar-refractivity contribution in [2.45, 2.75) is 26.2 Å². The third-order valence-electron chi connectivity index (χ3n) is 4.91. The van der Waals surface area contributed by atoms with Gasteiger partial charge in [0.25, 0.3) is 17.6 Å². The number of benzene rings is 2. The lowest BCUT2D eigenvalue weighted by molar-refractivity contribution is -0.146. The summed E-state index contributed by atoms with van der Waals surface area (Å²) in [7, 11) is 0. The van der Waals surface area contributed by atoms with E-state index in [0.29, 0.717) is 11.4 Å². The van der Waals surface area contributed by atoms with Crippen molar-refractivity contribution in [1.29, 1.82) is 0 Å². The molecule has 2 aromatic rings. The summed E-state index contributed by atoms with van der Waals surface area (Å²) in [5, 5.41) is 2.76. The predicted molar refractivity (Wildman–Crippen MR) is 108 cm³/mol. The number of ketones is 1. The Balaban J connectivity index is 1.57. The van der Waals surface area contributed by atoms with Crippen molar-refractivity contribution in [3.63, 3.8) is 0 Å².